The van der Waals surface area contributed by atoms with Crippen molar-refractivity contribution in [3.8, 4) is 28.6 Å². The molecule has 3 heterocycles. The van der Waals surface area contributed by atoms with E-state index in [0.717, 1.165) is 24.0 Å². The van der Waals surface area contributed by atoms with Crippen molar-refractivity contribution in [2.24, 2.45) is 0 Å². The van der Waals surface area contributed by atoms with Crippen LogP contribution in [0.2, 0.25) is 0 Å². The number of carbonyl (C=O) groups excluding carboxylic acids is 1. The summed E-state index contributed by atoms with van der Waals surface area (Å²) in [6.45, 7) is 4.10. The Morgan fingerprint density at radius 2 is 2.00 bits per heavy atom. The number of benzene rings is 1. The molecular weight excluding hydrogens is 330 g/mol. The maximum absolute atomic E-state index is 12.7. The molecule has 0 unspecified atom stereocenters. The second kappa shape index (κ2) is 6.37. The summed E-state index contributed by atoms with van der Waals surface area (Å²) in [4.78, 5) is 21.1. The first-order valence-electron chi connectivity index (χ1n) is 8.75. The molecule has 0 saturated carbocycles. The predicted molar refractivity (Wildman–Crippen MR) is 95.9 cm³/mol. The number of Topliss-reactive ketones (excluding diaryl/α,β-unsaturated/α-hetero) is 1. The molecule has 0 amide bonds. The third-order valence-corrected chi connectivity index (χ3v) is 4.97. The van der Waals surface area contributed by atoms with Crippen LogP contribution in [0.25, 0.3) is 22.8 Å². The highest BCUT2D eigenvalue weighted by atomic mass is 16.5. The molecule has 132 valence electrons. The highest BCUT2D eigenvalue weighted by Crippen LogP contribution is 2.38. The summed E-state index contributed by atoms with van der Waals surface area (Å²) in [5.41, 5.74) is 1.65. The molecule has 26 heavy (non-hydrogen) atoms. The summed E-state index contributed by atoms with van der Waals surface area (Å²) in [6, 6.07) is 9.11. The van der Waals surface area contributed by atoms with Crippen LogP contribution in [0, 0.1) is 0 Å². The van der Waals surface area contributed by atoms with Crippen molar-refractivity contribution in [3.05, 3.63) is 48.3 Å². The quantitative estimate of drug-likeness (QED) is 0.698. The summed E-state index contributed by atoms with van der Waals surface area (Å²) < 4.78 is 11.5. The fourth-order valence-electron chi connectivity index (χ4n) is 3.22. The van der Waals surface area contributed by atoms with Crippen molar-refractivity contribution in [2.75, 3.05) is 0 Å². The Morgan fingerprint density at radius 1 is 1.15 bits per heavy atom. The van der Waals surface area contributed by atoms with Gasteiger partial charge in [0.1, 0.15) is 11.4 Å². The normalized spacial score (nSPS) is 15.4. The standard InChI is InChI=1S/C20H19N3O3/c1-3-20(4-2)11-16(24)15-10-13(7-8-17(15)25-20)18-22-19(26-23-18)14-6-5-9-21-12-14/h5-10,12H,3-4,11H2,1-2H3. The van der Waals surface area contributed by atoms with Gasteiger partial charge in [-0.05, 0) is 43.2 Å². The van der Waals surface area contributed by atoms with E-state index < -0.39 is 5.60 Å². The predicted octanol–water partition coefficient (Wildman–Crippen LogP) is 4.32. The summed E-state index contributed by atoms with van der Waals surface area (Å²) in [5, 5.41) is 4.03. The minimum atomic E-state index is -0.398. The lowest BCUT2D eigenvalue weighted by molar-refractivity contribution is 0.0350. The minimum Gasteiger partial charge on any atom is -0.486 e. The van der Waals surface area contributed by atoms with Gasteiger partial charge in [-0.1, -0.05) is 19.0 Å². The Bertz CT molecular complexity index is 946. The van der Waals surface area contributed by atoms with E-state index >= 15 is 0 Å². The lowest BCUT2D eigenvalue weighted by Crippen LogP contribution is -2.40. The fraction of sp³-hybridized carbons (Fsp3) is 0.300. The molecule has 6 heteroatoms. The monoisotopic (exact) mass is 349 g/mol. The van der Waals surface area contributed by atoms with Crippen molar-refractivity contribution in [1.82, 2.24) is 15.1 Å². The zero-order chi connectivity index (χ0) is 18.1. The summed E-state index contributed by atoms with van der Waals surface area (Å²) >= 11 is 0. The van der Waals surface area contributed by atoms with E-state index in [2.05, 4.69) is 29.0 Å². The van der Waals surface area contributed by atoms with Crippen LogP contribution in [-0.4, -0.2) is 26.5 Å². The number of hydrogen-bond acceptors (Lipinski definition) is 6. The second-order valence-electron chi connectivity index (χ2n) is 6.47. The van der Waals surface area contributed by atoms with Gasteiger partial charge in [0.15, 0.2) is 5.78 Å². The maximum Gasteiger partial charge on any atom is 0.259 e. The molecule has 0 N–H and O–H groups in total. The molecule has 4 rings (SSSR count). The fourth-order valence-corrected chi connectivity index (χ4v) is 3.22. The minimum absolute atomic E-state index is 0.0905. The van der Waals surface area contributed by atoms with Gasteiger partial charge in [0.2, 0.25) is 5.82 Å². The molecule has 1 aliphatic heterocycles. The van der Waals surface area contributed by atoms with Gasteiger partial charge in [0.05, 0.1) is 17.5 Å². The SMILES string of the molecule is CCC1(CC)CC(=O)c2cc(-c3noc(-c4cccnc4)n3)ccc2O1. The smallest absolute Gasteiger partial charge is 0.259 e. The van der Waals surface area contributed by atoms with Gasteiger partial charge in [-0.3, -0.25) is 9.78 Å². The topological polar surface area (TPSA) is 78.1 Å². The van der Waals surface area contributed by atoms with Crippen LogP contribution in [0.15, 0.2) is 47.2 Å². The van der Waals surface area contributed by atoms with E-state index in [1.54, 1.807) is 18.5 Å². The highest BCUT2D eigenvalue weighted by molar-refractivity contribution is 6.01. The number of rotatable bonds is 4. The van der Waals surface area contributed by atoms with Crippen LogP contribution in [0.5, 0.6) is 5.75 Å². The molecule has 0 atom stereocenters. The number of pyridine rings is 1. The van der Waals surface area contributed by atoms with Gasteiger partial charge < -0.3 is 9.26 Å². The summed E-state index contributed by atoms with van der Waals surface area (Å²) in [5.74, 6) is 1.55. The van der Waals surface area contributed by atoms with Gasteiger partial charge in [0.25, 0.3) is 5.89 Å². The van der Waals surface area contributed by atoms with Crippen molar-refractivity contribution >= 4 is 5.78 Å². The maximum atomic E-state index is 12.7. The third-order valence-electron chi connectivity index (χ3n) is 4.97. The molecule has 0 aliphatic carbocycles. The van der Waals surface area contributed by atoms with Crippen LogP contribution in [-0.2, 0) is 0 Å². The molecule has 0 spiro atoms. The molecule has 3 aromatic rings. The zero-order valence-corrected chi connectivity index (χ0v) is 14.7. The number of fused-ring (bicyclic) bond motifs is 1. The van der Waals surface area contributed by atoms with Crippen LogP contribution in [0.1, 0.15) is 43.5 Å². The van der Waals surface area contributed by atoms with Crippen LogP contribution in [0.3, 0.4) is 0 Å². The summed E-state index contributed by atoms with van der Waals surface area (Å²) in [6.07, 6.45) is 5.34. The molecule has 1 aromatic carbocycles. The summed E-state index contributed by atoms with van der Waals surface area (Å²) in [7, 11) is 0. The van der Waals surface area contributed by atoms with Crippen LogP contribution < -0.4 is 4.74 Å². The Kier molecular flexibility index (Phi) is 4.03. The zero-order valence-electron chi connectivity index (χ0n) is 14.7. The first kappa shape index (κ1) is 16.4. The van der Waals surface area contributed by atoms with Crippen molar-refractivity contribution in [3.63, 3.8) is 0 Å². The van der Waals surface area contributed by atoms with Gasteiger partial charge in [-0.15, -0.1) is 0 Å². The first-order chi connectivity index (χ1) is 12.6. The molecule has 0 bridgehead atoms. The highest BCUT2D eigenvalue weighted by Gasteiger charge is 2.37. The van der Waals surface area contributed by atoms with Gasteiger partial charge >= 0.3 is 0 Å². The number of ketones is 1. The Hall–Kier alpha value is -3.02. The Balaban J connectivity index is 1.68. The number of carbonyl (C=O) groups is 1. The van der Waals surface area contributed by atoms with Gasteiger partial charge in [-0.2, -0.15) is 4.98 Å². The molecule has 1 aliphatic rings. The van der Waals surface area contributed by atoms with Crippen molar-refractivity contribution in [1.29, 1.82) is 0 Å². The lowest BCUT2D eigenvalue weighted by Gasteiger charge is -2.36. The molecular formula is C20H19N3O3. The van der Waals surface area contributed by atoms with Gasteiger partial charge in [-0.25, -0.2) is 0 Å². The number of ether oxygens (including phenoxy) is 1. The van der Waals surface area contributed by atoms with E-state index in [9.17, 15) is 4.79 Å². The van der Waals surface area contributed by atoms with E-state index in [1.165, 1.54) is 0 Å². The average molecular weight is 349 g/mol. The molecule has 6 nitrogen and oxygen atoms in total. The molecule has 0 radical (unpaired) electrons. The number of nitrogens with zero attached hydrogens (tertiary/aromatic N) is 3. The van der Waals surface area contributed by atoms with Crippen molar-refractivity contribution < 1.29 is 14.1 Å². The first-order valence-corrected chi connectivity index (χ1v) is 8.75. The number of aromatic nitrogens is 3. The average Bonchev–Trinajstić information content (AvgIpc) is 3.18. The second-order valence-corrected chi connectivity index (χ2v) is 6.47. The van der Waals surface area contributed by atoms with E-state index in [1.807, 2.05) is 24.3 Å². The Labute approximate surface area is 151 Å². The molecule has 0 fully saturated rings. The molecule has 2 aromatic heterocycles. The van der Waals surface area contributed by atoms with E-state index in [4.69, 9.17) is 9.26 Å². The third kappa shape index (κ3) is 2.77. The van der Waals surface area contributed by atoms with E-state index in [0.29, 0.717) is 29.4 Å². The van der Waals surface area contributed by atoms with Gasteiger partial charge in [0, 0.05) is 18.0 Å². The number of hydrogen-bond donors (Lipinski definition) is 0. The van der Waals surface area contributed by atoms with E-state index in [-0.39, 0.29) is 5.78 Å². The van der Waals surface area contributed by atoms with Crippen LogP contribution in [0.4, 0.5) is 0 Å². The Morgan fingerprint density at radius 3 is 2.73 bits per heavy atom. The lowest BCUT2D eigenvalue weighted by atomic mass is 9.85. The largest absolute Gasteiger partial charge is 0.486 e. The van der Waals surface area contributed by atoms with Crippen molar-refractivity contribution in [2.45, 2.75) is 38.7 Å². The molecule has 0 saturated heterocycles. The van der Waals surface area contributed by atoms with Crippen LogP contribution >= 0.6 is 0 Å².